The molecule has 0 saturated carbocycles. The minimum atomic E-state index is 0.289. The van der Waals surface area contributed by atoms with Gasteiger partial charge in [-0.3, -0.25) is 0 Å². The van der Waals surface area contributed by atoms with Gasteiger partial charge in [-0.2, -0.15) is 0 Å². The summed E-state index contributed by atoms with van der Waals surface area (Å²) in [5.41, 5.74) is 0.833. The third kappa shape index (κ3) is 2.85. The average Bonchev–Trinajstić information content (AvgIpc) is 2.73. The van der Waals surface area contributed by atoms with Crippen molar-refractivity contribution in [2.75, 3.05) is 18.5 Å². The van der Waals surface area contributed by atoms with E-state index in [1.54, 1.807) is 0 Å². The SMILES string of the molecule is Cc1nc(NC[C@H]2CCCO2)nnc1Br. The van der Waals surface area contributed by atoms with Crippen LogP contribution in [0, 0.1) is 6.92 Å². The highest BCUT2D eigenvalue weighted by Gasteiger charge is 2.15. The summed E-state index contributed by atoms with van der Waals surface area (Å²) in [7, 11) is 0. The Kier molecular flexibility index (Phi) is 3.48. The molecule has 1 N–H and O–H groups in total. The lowest BCUT2D eigenvalue weighted by atomic mass is 10.2. The van der Waals surface area contributed by atoms with Crippen molar-refractivity contribution in [3.8, 4) is 0 Å². The molecule has 0 amide bonds. The molecule has 82 valence electrons. The Bertz CT molecular complexity index is 341. The number of nitrogens with zero attached hydrogens (tertiary/aromatic N) is 3. The Balaban J connectivity index is 1.90. The molecule has 1 aromatic rings. The molecule has 1 atom stereocenters. The molecular formula is C9H13BrN4O. The summed E-state index contributed by atoms with van der Waals surface area (Å²) in [4.78, 5) is 4.25. The van der Waals surface area contributed by atoms with E-state index in [4.69, 9.17) is 4.74 Å². The topological polar surface area (TPSA) is 59.9 Å². The lowest BCUT2D eigenvalue weighted by Crippen LogP contribution is -2.20. The van der Waals surface area contributed by atoms with Gasteiger partial charge in [0.25, 0.3) is 0 Å². The third-order valence-electron chi connectivity index (χ3n) is 2.32. The summed E-state index contributed by atoms with van der Waals surface area (Å²) >= 11 is 3.26. The van der Waals surface area contributed by atoms with Crippen LogP contribution < -0.4 is 5.32 Å². The van der Waals surface area contributed by atoms with Crippen LogP contribution in [0.3, 0.4) is 0 Å². The van der Waals surface area contributed by atoms with E-state index in [1.165, 1.54) is 0 Å². The fourth-order valence-electron chi connectivity index (χ4n) is 1.48. The molecule has 1 aliphatic heterocycles. The molecule has 1 fully saturated rings. The van der Waals surface area contributed by atoms with Gasteiger partial charge in [-0.25, -0.2) is 4.98 Å². The van der Waals surface area contributed by atoms with Gasteiger partial charge in [0.15, 0.2) is 0 Å². The van der Waals surface area contributed by atoms with E-state index < -0.39 is 0 Å². The van der Waals surface area contributed by atoms with Crippen molar-refractivity contribution in [1.82, 2.24) is 15.2 Å². The Morgan fingerprint density at radius 1 is 1.53 bits per heavy atom. The van der Waals surface area contributed by atoms with Crippen molar-refractivity contribution in [3.63, 3.8) is 0 Å². The molecular weight excluding hydrogens is 260 g/mol. The van der Waals surface area contributed by atoms with E-state index in [9.17, 15) is 0 Å². The van der Waals surface area contributed by atoms with E-state index >= 15 is 0 Å². The van der Waals surface area contributed by atoms with Gasteiger partial charge < -0.3 is 10.1 Å². The van der Waals surface area contributed by atoms with E-state index in [0.717, 1.165) is 31.7 Å². The minimum Gasteiger partial charge on any atom is -0.376 e. The number of rotatable bonds is 3. The van der Waals surface area contributed by atoms with Crippen LogP contribution in [0.15, 0.2) is 4.60 Å². The number of hydrogen-bond acceptors (Lipinski definition) is 5. The molecule has 5 nitrogen and oxygen atoms in total. The summed E-state index contributed by atoms with van der Waals surface area (Å²) in [5, 5.41) is 11.0. The van der Waals surface area contributed by atoms with Gasteiger partial charge in [-0.05, 0) is 35.7 Å². The number of ether oxygens (including phenoxy) is 1. The van der Waals surface area contributed by atoms with Crippen LogP contribution in [0.2, 0.25) is 0 Å². The Hall–Kier alpha value is -0.750. The van der Waals surface area contributed by atoms with Crippen molar-refractivity contribution in [2.45, 2.75) is 25.9 Å². The predicted octanol–water partition coefficient (Wildman–Crippen LogP) is 1.53. The molecule has 0 bridgehead atoms. The van der Waals surface area contributed by atoms with E-state index in [1.807, 2.05) is 6.92 Å². The second-order valence-electron chi connectivity index (χ2n) is 3.53. The lowest BCUT2D eigenvalue weighted by molar-refractivity contribution is 0.120. The molecule has 0 radical (unpaired) electrons. The monoisotopic (exact) mass is 272 g/mol. The van der Waals surface area contributed by atoms with E-state index in [2.05, 4.69) is 36.4 Å². The zero-order valence-corrected chi connectivity index (χ0v) is 10.1. The summed E-state index contributed by atoms with van der Waals surface area (Å²) in [6.07, 6.45) is 2.54. The van der Waals surface area contributed by atoms with Crippen molar-refractivity contribution in [3.05, 3.63) is 10.3 Å². The smallest absolute Gasteiger partial charge is 0.243 e. The largest absolute Gasteiger partial charge is 0.376 e. The lowest BCUT2D eigenvalue weighted by Gasteiger charge is -2.10. The number of aromatic nitrogens is 3. The fraction of sp³-hybridized carbons (Fsp3) is 0.667. The first-order valence-electron chi connectivity index (χ1n) is 4.98. The van der Waals surface area contributed by atoms with Crippen LogP contribution in [0.1, 0.15) is 18.5 Å². The van der Waals surface area contributed by atoms with E-state index in [-0.39, 0.29) is 6.10 Å². The molecule has 1 aromatic heterocycles. The second-order valence-corrected chi connectivity index (χ2v) is 4.28. The van der Waals surface area contributed by atoms with Crippen LogP contribution in [0.25, 0.3) is 0 Å². The van der Waals surface area contributed by atoms with E-state index in [0.29, 0.717) is 10.6 Å². The normalized spacial score (nSPS) is 20.5. The molecule has 2 rings (SSSR count). The van der Waals surface area contributed by atoms with Crippen LogP contribution >= 0.6 is 15.9 Å². The highest BCUT2D eigenvalue weighted by molar-refractivity contribution is 9.10. The van der Waals surface area contributed by atoms with Crippen molar-refractivity contribution in [2.24, 2.45) is 0 Å². The summed E-state index contributed by atoms with van der Waals surface area (Å²) in [5.74, 6) is 0.561. The van der Waals surface area contributed by atoms with Crippen LogP contribution in [-0.4, -0.2) is 34.4 Å². The Morgan fingerprint density at radius 3 is 3.07 bits per heavy atom. The number of hydrogen-bond donors (Lipinski definition) is 1. The first kappa shape index (κ1) is 10.8. The highest BCUT2D eigenvalue weighted by atomic mass is 79.9. The molecule has 0 spiro atoms. The number of aryl methyl sites for hydroxylation is 1. The van der Waals surface area contributed by atoms with Crippen LogP contribution in [0.5, 0.6) is 0 Å². The minimum absolute atomic E-state index is 0.289. The van der Waals surface area contributed by atoms with Gasteiger partial charge in [0.1, 0.15) is 4.60 Å². The average molecular weight is 273 g/mol. The van der Waals surface area contributed by atoms with Gasteiger partial charge >= 0.3 is 0 Å². The molecule has 1 saturated heterocycles. The maximum Gasteiger partial charge on any atom is 0.243 e. The first-order chi connectivity index (χ1) is 7.25. The number of nitrogens with one attached hydrogen (secondary N) is 1. The van der Waals surface area contributed by atoms with Crippen molar-refractivity contribution >= 4 is 21.9 Å². The summed E-state index contributed by atoms with van der Waals surface area (Å²) in [6, 6.07) is 0. The van der Waals surface area contributed by atoms with Gasteiger partial charge in [-0.15, -0.1) is 10.2 Å². The summed E-state index contributed by atoms with van der Waals surface area (Å²) < 4.78 is 6.17. The zero-order valence-electron chi connectivity index (χ0n) is 8.53. The molecule has 6 heteroatoms. The first-order valence-corrected chi connectivity index (χ1v) is 5.77. The third-order valence-corrected chi connectivity index (χ3v) is 3.05. The highest BCUT2D eigenvalue weighted by Crippen LogP contribution is 2.13. The standard InChI is InChI=1S/C9H13BrN4O/c1-6-8(10)13-14-9(12-6)11-5-7-3-2-4-15-7/h7H,2-5H2,1H3,(H,11,12,14)/t7-/m1/s1. The van der Waals surface area contributed by atoms with Gasteiger partial charge in [0, 0.05) is 13.2 Å². The number of anilines is 1. The fourth-order valence-corrected chi connectivity index (χ4v) is 1.64. The molecule has 0 unspecified atom stereocenters. The summed E-state index contributed by atoms with van der Waals surface area (Å²) in [6.45, 7) is 3.50. The Morgan fingerprint density at radius 2 is 2.40 bits per heavy atom. The van der Waals surface area contributed by atoms with Crippen LogP contribution in [-0.2, 0) is 4.74 Å². The molecule has 0 aliphatic carbocycles. The maximum absolute atomic E-state index is 5.48. The number of halogens is 1. The predicted molar refractivity (Wildman–Crippen MR) is 59.7 cm³/mol. The van der Waals surface area contributed by atoms with Gasteiger partial charge in [-0.1, -0.05) is 0 Å². The maximum atomic E-state index is 5.48. The van der Waals surface area contributed by atoms with Gasteiger partial charge in [0.2, 0.25) is 5.95 Å². The van der Waals surface area contributed by atoms with Crippen molar-refractivity contribution in [1.29, 1.82) is 0 Å². The molecule has 1 aliphatic rings. The van der Waals surface area contributed by atoms with Crippen molar-refractivity contribution < 1.29 is 4.74 Å². The molecule has 15 heavy (non-hydrogen) atoms. The quantitative estimate of drug-likeness (QED) is 0.905. The molecule has 2 heterocycles. The Labute approximate surface area is 96.8 Å². The van der Waals surface area contributed by atoms with Gasteiger partial charge in [0.05, 0.1) is 11.8 Å². The zero-order chi connectivity index (χ0) is 10.7. The second kappa shape index (κ2) is 4.85. The molecule has 0 aromatic carbocycles. The van der Waals surface area contributed by atoms with Crippen LogP contribution in [0.4, 0.5) is 5.95 Å².